The van der Waals surface area contributed by atoms with Gasteiger partial charge in [-0.2, -0.15) is 4.94 Å². The Balaban J connectivity index is 1.80. The van der Waals surface area contributed by atoms with Crippen molar-refractivity contribution in [3.05, 3.63) is 0 Å². The summed E-state index contributed by atoms with van der Waals surface area (Å²) in [6.45, 7) is 1.11. The van der Waals surface area contributed by atoms with Crippen LogP contribution in [0.2, 0.25) is 0 Å². The fourth-order valence-electron chi connectivity index (χ4n) is 1.97. The minimum atomic E-state index is -1.42. The number of piperidine rings is 1. The molecule has 2 aliphatic rings. The molecule has 1 saturated carbocycles. The molecule has 1 saturated heterocycles. The highest BCUT2D eigenvalue weighted by Gasteiger charge is 2.39. The van der Waals surface area contributed by atoms with Crippen LogP contribution in [0.1, 0.15) is 25.7 Å². The van der Waals surface area contributed by atoms with Crippen LogP contribution in [0, 0.1) is 0 Å². The fraction of sp³-hybridized carbons (Fsp3) is 1.00. The predicted octanol–water partition coefficient (Wildman–Crippen LogP) is 1.85. The molecule has 0 N–H and O–H groups in total. The molecular formula is C9H15F2NO. The van der Waals surface area contributed by atoms with Gasteiger partial charge in [-0.1, -0.05) is 0 Å². The van der Waals surface area contributed by atoms with Crippen LogP contribution in [0.15, 0.2) is 0 Å². The maximum atomic E-state index is 13.6. The second-order valence-electron chi connectivity index (χ2n) is 4.17. The Labute approximate surface area is 76.8 Å². The highest BCUT2D eigenvalue weighted by molar-refractivity contribution is 4.92. The zero-order valence-electron chi connectivity index (χ0n) is 7.64. The molecule has 0 unspecified atom stereocenters. The second-order valence-corrected chi connectivity index (χ2v) is 4.17. The van der Waals surface area contributed by atoms with Gasteiger partial charge in [0.2, 0.25) is 0 Å². The van der Waals surface area contributed by atoms with E-state index in [1.165, 1.54) is 12.8 Å². The van der Waals surface area contributed by atoms with Crippen LogP contribution in [0.25, 0.3) is 0 Å². The highest BCUT2D eigenvalue weighted by Crippen LogP contribution is 2.34. The predicted molar refractivity (Wildman–Crippen MR) is 44.7 cm³/mol. The first kappa shape index (κ1) is 9.34. The van der Waals surface area contributed by atoms with E-state index in [1.807, 2.05) is 0 Å². The Morgan fingerprint density at radius 2 is 1.92 bits per heavy atom. The van der Waals surface area contributed by atoms with Gasteiger partial charge in [-0.05, 0) is 30.2 Å². The Bertz CT molecular complexity index is 176. The van der Waals surface area contributed by atoms with Crippen LogP contribution in [-0.2, 0) is 4.94 Å². The smallest absolute Gasteiger partial charge is 0.140 e. The molecule has 2 fully saturated rings. The number of nitrogens with zero attached hydrogens (tertiary/aromatic N) is 1. The lowest BCUT2D eigenvalue weighted by atomic mass is 9.94. The molecule has 1 aliphatic heterocycles. The Kier molecular flexibility index (Phi) is 2.51. The molecule has 0 bridgehead atoms. The van der Waals surface area contributed by atoms with Crippen LogP contribution in [0.3, 0.4) is 0 Å². The van der Waals surface area contributed by atoms with E-state index < -0.39 is 12.3 Å². The van der Waals surface area contributed by atoms with E-state index >= 15 is 0 Å². The normalized spacial score (nSPS) is 29.1. The zero-order valence-corrected chi connectivity index (χ0v) is 7.64. The van der Waals surface area contributed by atoms with Gasteiger partial charge < -0.3 is 4.90 Å². The molecule has 0 aromatic heterocycles. The van der Waals surface area contributed by atoms with Crippen molar-refractivity contribution in [3.8, 4) is 0 Å². The van der Waals surface area contributed by atoms with Crippen molar-refractivity contribution in [2.75, 3.05) is 19.7 Å². The molecule has 1 heterocycles. The van der Waals surface area contributed by atoms with Gasteiger partial charge in [0.05, 0.1) is 0 Å². The summed E-state index contributed by atoms with van der Waals surface area (Å²) in [6, 6.07) is 0.691. The van der Waals surface area contributed by atoms with Crippen molar-refractivity contribution in [2.45, 2.75) is 37.4 Å². The van der Waals surface area contributed by atoms with E-state index in [9.17, 15) is 8.92 Å². The molecule has 0 radical (unpaired) electrons. The van der Waals surface area contributed by atoms with Gasteiger partial charge in [0, 0.05) is 19.1 Å². The number of likely N-dealkylation sites (tertiary alicyclic amines) is 1. The molecule has 0 spiro atoms. The highest BCUT2D eigenvalue weighted by atomic mass is 19.3. The summed E-state index contributed by atoms with van der Waals surface area (Å²) in [5.41, 5.74) is -1.42. The first-order chi connectivity index (χ1) is 6.23. The fourth-order valence-corrected chi connectivity index (χ4v) is 1.97. The third-order valence-electron chi connectivity index (χ3n) is 3.07. The third kappa shape index (κ3) is 2.17. The average molecular weight is 191 g/mol. The Hall–Kier alpha value is -0.220. The van der Waals surface area contributed by atoms with Crippen LogP contribution in [0.5, 0.6) is 0 Å². The van der Waals surface area contributed by atoms with Crippen LogP contribution in [0.4, 0.5) is 8.92 Å². The molecule has 2 nitrogen and oxygen atoms in total. The minimum absolute atomic E-state index is 0.397. The summed E-state index contributed by atoms with van der Waals surface area (Å²) in [5, 5.41) is 0. The van der Waals surface area contributed by atoms with E-state index in [0.29, 0.717) is 18.9 Å². The molecular weight excluding hydrogens is 176 g/mol. The van der Waals surface area contributed by atoms with Crippen molar-refractivity contribution in [3.63, 3.8) is 0 Å². The van der Waals surface area contributed by atoms with Crippen molar-refractivity contribution in [1.82, 2.24) is 4.90 Å². The van der Waals surface area contributed by atoms with Gasteiger partial charge in [-0.3, -0.25) is 0 Å². The summed E-state index contributed by atoms with van der Waals surface area (Å²) in [4.78, 5) is 5.70. The van der Waals surface area contributed by atoms with Crippen molar-refractivity contribution < 1.29 is 13.9 Å². The number of halogens is 2. The van der Waals surface area contributed by atoms with E-state index in [4.69, 9.17) is 0 Å². The van der Waals surface area contributed by atoms with Crippen molar-refractivity contribution >= 4 is 0 Å². The van der Waals surface area contributed by atoms with Crippen molar-refractivity contribution in [1.29, 1.82) is 0 Å². The number of hydrogen-bond acceptors (Lipinski definition) is 2. The topological polar surface area (TPSA) is 12.5 Å². The van der Waals surface area contributed by atoms with Crippen LogP contribution < -0.4 is 0 Å². The lowest BCUT2D eigenvalue weighted by Crippen LogP contribution is -2.44. The van der Waals surface area contributed by atoms with Crippen LogP contribution in [-0.4, -0.2) is 36.3 Å². The molecule has 1 aliphatic carbocycles. The van der Waals surface area contributed by atoms with Gasteiger partial charge in [-0.15, -0.1) is 0 Å². The van der Waals surface area contributed by atoms with E-state index in [2.05, 4.69) is 9.84 Å². The maximum absolute atomic E-state index is 13.6. The van der Waals surface area contributed by atoms with Gasteiger partial charge >= 0.3 is 0 Å². The zero-order chi connectivity index (χ0) is 9.31. The van der Waals surface area contributed by atoms with Crippen LogP contribution >= 0.6 is 0 Å². The number of hydrogen-bond donors (Lipinski definition) is 0. The summed E-state index contributed by atoms with van der Waals surface area (Å²) in [7, 11) is 0. The number of rotatable bonds is 3. The van der Waals surface area contributed by atoms with Crippen molar-refractivity contribution in [2.24, 2.45) is 0 Å². The van der Waals surface area contributed by atoms with E-state index in [0.717, 1.165) is 13.1 Å². The Morgan fingerprint density at radius 3 is 2.38 bits per heavy atom. The largest absolute Gasteiger partial charge is 0.300 e. The molecule has 0 atom stereocenters. The molecule has 0 amide bonds. The third-order valence-corrected chi connectivity index (χ3v) is 3.07. The standard InChI is InChI=1S/C9H15F2NO/c10-9(7-13-11)3-5-12(6-4-9)8-1-2-8/h8H,1-7H2. The average Bonchev–Trinajstić information content (AvgIpc) is 2.89. The first-order valence-corrected chi connectivity index (χ1v) is 4.90. The van der Waals surface area contributed by atoms with E-state index in [-0.39, 0.29) is 0 Å². The second kappa shape index (κ2) is 3.50. The minimum Gasteiger partial charge on any atom is -0.300 e. The summed E-state index contributed by atoms with van der Waals surface area (Å²) in [5.74, 6) is 0. The van der Waals surface area contributed by atoms with Gasteiger partial charge in [0.25, 0.3) is 0 Å². The van der Waals surface area contributed by atoms with Gasteiger partial charge in [0.15, 0.2) is 0 Å². The lowest BCUT2D eigenvalue weighted by molar-refractivity contribution is -0.175. The molecule has 4 heteroatoms. The summed E-state index contributed by atoms with van der Waals surface area (Å²) in [6.07, 6.45) is 3.32. The lowest BCUT2D eigenvalue weighted by Gasteiger charge is -2.35. The SMILES string of the molecule is FOCC1(F)CCN(C2CC2)CC1. The Morgan fingerprint density at radius 1 is 1.31 bits per heavy atom. The maximum Gasteiger partial charge on any atom is 0.140 e. The van der Waals surface area contributed by atoms with Gasteiger partial charge in [0.1, 0.15) is 12.3 Å². The molecule has 0 aromatic rings. The summed E-state index contributed by atoms with van der Waals surface area (Å²) < 4.78 is 25.2. The molecule has 2 rings (SSSR count). The van der Waals surface area contributed by atoms with E-state index in [1.54, 1.807) is 0 Å². The number of alkyl halides is 1. The first-order valence-electron chi connectivity index (χ1n) is 4.90. The van der Waals surface area contributed by atoms with Gasteiger partial charge in [-0.25, -0.2) is 4.39 Å². The summed E-state index contributed by atoms with van der Waals surface area (Å²) >= 11 is 0. The molecule has 0 aromatic carbocycles. The quantitative estimate of drug-likeness (QED) is 0.675. The molecule has 76 valence electrons. The monoisotopic (exact) mass is 191 g/mol. The molecule has 13 heavy (non-hydrogen) atoms.